The third kappa shape index (κ3) is 8.77. The number of nitrogens with zero attached hydrogens (tertiary/aromatic N) is 2. The van der Waals surface area contributed by atoms with Gasteiger partial charge in [0, 0.05) is 25.6 Å². The third-order valence-electron chi connectivity index (χ3n) is 7.50. The lowest BCUT2D eigenvalue weighted by molar-refractivity contribution is -0.140. The molecule has 0 aliphatic rings. The second-order valence-electron chi connectivity index (χ2n) is 10.7. The van der Waals surface area contributed by atoms with E-state index in [1.807, 2.05) is 37.3 Å². The molecular formula is C35H37Cl2N3O6S. The Balaban J connectivity index is 1.87. The van der Waals surface area contributed by atoms with Gasteiger partial charge in [0.2, 0.25) is 11.8 Å². The smallest absolute Gasteiger partial charge is 0.264 e. The number of anilines is 1. The monoisotopic (exact) mass is 697 g/mol. The normalized spacial score (nSPS) is 11.8. The summed E-state index contributed by atoms with van der Waals surface area (Å²) >= 11 is 12.5. The number of sulfonamides is 1. The van der Waals surface area contributed by atoms with E-state index in [0.29, 0.717) is 22.9 Å². The van der Waals surface area contributed by atoms with Crippen molar-refractivity contribution in [3.63, 3.8) is 0 Å². The number of aryl methyl sites for hydroxylation is 1. The van der Waals surface area contributed by atoms with Crippen molar-refractivity contribution in [1.29, 1.82) is 0 Å². The van der Waals surface area contributed by atoms with Crippen molar-refractivity contribution in [2.75, 3.05) is 31.6 Å². The zero-order chi connectivity index (χ0) is 34.1. The van der Waals surface area contributed by atoms with Crippen LogP contribution in [0.1, 0.15) is 23.6 Å². The summed E-state index contributed by atoms with van der Waals surface area (Å²) in [6.45, 7) is 3.24. The van der Waals surface area contributed by atoms with Gasteiger partial charge in [0.15, 0.2) is 0 Å². The van der Waals surface area contributed by atoms with E-state index in [4.69, 9.17) is 32.7 Å². The maximum Gasteiger partial charge on any atom is 0.264 e. The van der Waals surface area contributed by atoms with Crippen molar-refractivity contribution >= 4 is 50.7 Å². The van der Waals surface area contributed by atoms with E-state index in [0.717, 1.165) is 15.4 Å². The Labute approximate surface area is 286 Å². The van der Waals surface area contributed by atoms with Crippen molar-refractivity contribution in [3.05, 3.63) is 118 Å². The molecule has 0 saturated heterocycles. The van der Waals surface area contributed by atoms with Crippen LogP contribution in [0.3, 0.4) is 0 Å². The highest BCUT2D eigenvalue weighted by molar-refractivity contribution is 7.92. The highest BCUT2D eigenvalue weighted by Crippen LogP contribution is 2.36. The molecular weight excluding hydrogens is 661 g/mol. The van der Waals surface area contributed by atoms with Crippen molar-refractivity contribution in [1.82, 2.24) is 10.2 Å². The van der Waals surface area contributed by atoms with Gasteiger partial charge in [-0.1, -0.05) is 77.3 Å². The molecule has 12 heteroatoms. The number of likely N-dealkylation sites (N-methyl/N-ethyl adjacent to an activating group) is 1. The molecule has 1 unspecified atom stereocenters. The van der Waals surface area contributed by atoms with E-state index < -0.39 is 34.4 Å². The van der Waals surface area contributed by atoms with E-state index in [9.17, 15) is 18.0 Å². The molecule has 0 heterocycles. The highest BCUT2D eigenvalue weighted by Gasteiger charge is 2.35. The maximum atomic E-state index is 14.6. The number of amides is 2. The number of benzene rings is 4. The number of nitrogens with one attached hydrogen (secondary N) is 1. The lowest BCUT2D eigenvalue weighted by atomic mass is 10.0. The summed E-state index contributed by atoms with van der Waals surface area (Å²) in [6.07, 6.45) is 0.174. The van der Waals surface area contributed by atoms with Crippen LogP contribution in [0.15, 0.2) is 95.9 Å². The molecule has 4 aromatic carbocycles. The fourth-order valence-corrected chi connectivity index (χ4v) is 6.76. The molecule has 0 aliphatic heterocycles. The zero-order valence-corrected chi connectivity index (χ0v) is 28.9. The Morgan fingerprint density at radius 2 is 1.55 bits per heavy atom. The Bertz CT molecular complexity index is 1800. The molecule has 0 aromatic heterocycles. The second-order valence-corrected chi connectivity index (χ2v) is 13.4. The molecule has 0 radical (unpaired) electrons. The standard InChI is InChI=1S/C35H37Cl2N3O6S/c1-5-38-35(42)32(20-25-9-7-6-8-10-25)39(22-26-13-17-29(36)30(37)19-26)34(41)23-40(31-21-27(45-3)14-18-33(31)46-4)47(43,44)28-15-11-24(2)12-16-28/h6-19,21,32H,5,20,22-23H2,1-4H3,(H,38,42). The van der Waals surface area contributed by atoms with Gasteiger partial charge in [0.1, 0.15) is 24.1 Å². The Hall–Kier alpha value is -4.25. The molecule has 0 saturated carbocycles. The minimum Gasteiger partial charge on any atom is -0.497 e. The molecule has 248 valence electrons. The van der Waals surface area contributed by atoms with Crippen molar-refractivity contribution in [2.24, 2.45) is 0 Å². The summed E-state index contributed by atoms with van der Waals surface area (Å²) in [4.78, 5) is 29.6. The van der Waals surface area contributed by atoms with E-state index in [-0.39, 0.29) is 34.3 Å². The maximum absolute atomic E-state index is 14.6. The molecule has 0 fully saturated rings. The topological polar surface area (TPSA) is 105 Å². The molecule has 4 aromatic rings. The van der Waals surface area contributed by atoms with Crippen LogP contribution < -0.4 is 19.1 Å². The Morgan fingerprint density at radius 3 is 2.17 bits per heavy atom. The van der Waals surface area contributed by atoms with E-state index in [2.05, 4.69) is 5.32 Å². The summed E-state index contributed by atoms with van der Waals surface area (Å²) in [5.74, 6) is -0.468. The molecule has 1 atom stereocenters. The number of hydrogen-bond donors (Lipinski definition) is 1. The van der Waals surface area contributed by atoms with Crippen LogP contribution in [0.2, 0.25) is 10.0 Å². The van der Waals surface area contributed by atoms with Crippen LogP contribution in [0.25, 0.3) is 0 Å². The number of hydrogen-bond acceptors (Lipinski definition) is 6. The van der Waals surface area contributed by atoms with Crippen molar-refractivity contribution in [3.8, 4) is 11.5 Å². The zero-order valence-electron chi connectivity index (χ0n) is 26.6. The van der Waals surface area contributed by atoms with E-state index in [1.165, 1.54) is 37.3 Å². The summed E-state index contributed by atoms with van der Waals surface area (Å²) in [6, 6.07) is 24.2. The van der Waals surface area contributed by atoms with Crippen molar-refractivity contribution < 1.29 is 27.5 Å². The Morgan fingerprint density at radius 1 is 0.851 bits per heavy atom. The first kappa shape index (κ1) is 35.6. The van der Waals surface area contributed by atoms with Gasteiger partial charge < -0.3 is 19.7 Å². The number of rotatable bonds is 14. The number of methoxy groups -OCH3 is 2. The summed E-state index contributed by atoms with van der Waals surface area (Å²) < 4.78 is 40.7. The summed E-state index contributed by atoms with van der Waals surface area (Å²) in [5.41, 5.74) is 2.37. The van der Waals surface area contributed by atoms with Gasteiger partial charge in [-0.15, -0.1) is 0 Å². The molecule has 0 aliphatic carbocycles. The number of halogens is 2. The van der Waals surface area contributed by atoms with Gasteiger partial charge >= 0.3 is 0 Å². The molecule has 4 rings (SSSR count). The SMILES string of the molecule is CCNC(=O)C(Cc1ccccc1)N(Cc1ccc(Cl)c(Cl)c1)C(=O)CN(c1cc(OC)ccc1OC)S(=O)(=O)c1ccc(C)cc1. The summed E-state index contributed by atoms with van der Waals surface area (Å²) in [5, 5.41) is 3.45. The van der Waals surface area contributed by atoms with E-state index >= 15 is 0 Å². The van der Waals surface area contributed by atoms with Gasteiger partial charge in [0.05, 0.1) is 34.8 Å². The first-order valence-electron chi connectivity index (χ1n) is 14.8. The predicted molar refractivity (Wildman–Crippen MR) is 185 cm³/mol. The van der Waals surface area contributed by atoms with Gasteiger partial charge in [-0.25, -0.2) is 8.42 Å². The minimum atomic E-state index is -4.35. The Kier molecular flexibility index (Phi) is 12.1. The molecule has 9 nitrogen and oxygen atoms in total. The van der Waals surface area contributed by atoms with Gasteiger partial charge in [-0.3, -0.25) is 13.9 Å². The molecule has 47 heavy (non-hydrogen) atoms. The lowest BCUT2D eigenvalue weighted by Gasteiger charge is -2.34. The average Bonchev–Trinajstić information content (AvgIpc) is 3.07. The second kappa shape index (κ2) is 16.0. The van der Waals surface area contributed by atoms with Crippen LogP contribution >= 0.6 is 23.2 Å². The lowest BCUT2D eigenvalue weighted by Crippen LogP contribution is -2.53. The van der Waals surface area contributed by atoms with Gasteiger partial charge in [-0.05, 0) is 61.4 Å². The highest BCUT2D eigenvalue weighted by atomic mass is 35.5. The molecule has 1 N–H and O–H groups in total. The van der Waals surface area contributed by atoms with Gasteiger partial charge in [0.25, 0.3) is 10.0 Å². The van der Waals surface area contributed by atoms with Gasteiger partial charge in [-0.2, -0.15) is 0 Å². The number of carbonyl (C=O) groups excluding carboxylic acids is 2. The fraction of sp³-hybridized carbons (Fsp3) is 0.257. The first-order valence-corrected chi connectivity index (χ1v) is 17.0. The van der Waals surface area contributed by atoms with Crippen LogP contribution in [0.4, 0.5) is 5.69 Å². The molecule has 0 spiro atoms. The molecule has 0 bridgehead atoms. The van der Waals surface area contributed by atoms with Crippen LogP contribution in [0, 0.1) is 6.92 Å². The quantitative estimate of drug-likeness (QED) is 0.166. The average molecular weight is 699 g/mol. The van der Waals surface area contributed by atoms with Crippen LogP contribution in [-0.4, -0.2) is 58.5 Å². The predicted octanol–water partition coefficient (Wildman–Crippen LogP) is 6.29. The largest absolute Gasteiger partial charge is 0.497 e. The summed E-state index contributed by atoms with van der Waals surface area (Å²) in [7, 11) is -1.48. The van der Waals surface area contributed by atoms with Crippen LogP contribution in [-0.2, 0) is 32.6 Å². The van der Waals surface area contributed by atoms with E-state index in [1.54, 1.807) is 49.4 Å². The van der Waals surface area contributed by atoms with Crippen molar-refractivity contribution in [2.45, 2.75) is 37.8 Å². The third-order valence-corrected chi connectivity index (χ3v) is 10.0. The number of ether oxygens (including phenoxy) is 2. The minimum absolute atomic E-state index is 0.0265. The number of carbonyl (C=O) groups is 2. The molecule has 2 amide bonds. The first-order chi connectivity index (χ1) is 22.5. The fourth-order valence-electron chi connectivity index (χ4n) is 5.02. The van der Waals surface area contributed by atoms with Crippen LogP contribution in [0.5, 0.6) is 11.5 Å².